The Morgan fingerprint density at radius 3 is 0.585 bits per heavy atom. The first-order valence-electron chi connectivity index (χ1n) is 42.3. The maximum Gasteiger partial charge on any atom is 0.343 e. The molecule has 0 aliphatic carbocycles. The van der Waals surface area contributed by atoms with Crippen LogP contribution >= 0.6 is 0 Å². The van der Waals surface area contributed by atoms with Gasteiger partial charge in [-0.1, -0.05) is 247 Å². The molecule has 670 valence electrons. The van der Waals surface area contributed by atoms with Gasteiger partial charge >= 0.3 is 29.8 Å². The number of terminal acetylenes is 5. The number of aryl methyl sites for hydroxylation is 2. The first-order chi connectivity index (χ1) is 65.4. The van der Waals surface area contributed by atoms with E-state index in [9.17, 15) is 49.5 Å². The van der Waals surface area contributed by atoms with Gasteiger partial charge in [0.05, 0.1) is 49.1 Å². The van der Waals surface area contributed by atoms with Crippen LogP contribution in [-0.4, -0.2) is 88.9 Å². The van der Waals surface area contributed by atoms with E-state index in [0.29, 0.717) is 103 Å². The number of hydrogen-bond acceptors (Lipinski definition) is 18. The summed E-state index contributed by atoms with van der Waals surface area (Å²) in [7, 11) is 4.72. The Balaban J connectivity index is 0.000000162. The first kappa shape index (κ1) is 98.2. The highest BCUT2D eigenvalue weighted by molar-refractivity contribution is 5.94. The van der Waals surface area contributed by atoms with Crippen LogP contribution in [0.5, 0.6) is 46.0 Å². The monoisotopic (exact) mass is 1790 g/mol. The number of aliphatic hydroxyl groups excluding tert-OH is 5. The molecule has 135 heavy (non-hydrogen) atoms. The van der Waals surface area contributed by atoms with Crippen LogP contribution in [0.4, 0.5) is 0 Å². The smallest absolute Gasteiger partial charge is 0.343 e. The van der Waals surface area contributed by atoms with Crippen molar-refractivity contribution in [3.8, 4) is 163 Å². The minimum absolute atomic E-state index is 0.376. The lowest BCUT2D eigenvalue weighted by atomic mass is 10.0. The number of aliphatic hydroxyl groups is 5. The lowest BCUT2D eigenvalue weighted by molar-refractivity contribution is 0.0725. The third kappa shape index (κ3) is 29.3. The summed E-state index contributed by atoms with van der Waals surface area (Å²) in [5.41, 5.74) is 18.3. The second-order valence-corrected chi connectivity index (χ2v) is 30.2. The van der Waals surface area contributed by atoms with Crippen molar-refractivity contribution in [1.82, 2.24) is 0 Å². The Bertz CT molecular complexity index is 6650. The number of rotatable bonds is 25. The average Bonchev–Trinajstić information content (AvgIpc) is 0.869. The van der Waals surface area contributed by atoms with Crippen LogP contribution in [0.3, 0.4) is 0 Å². The third-order valence-corrected chi connectivity index (χ3v) is 20.8. The van der Waals surface area contributed by atoms with Crippen LogP contribution in [0.25, 0.3) is 55.6 Å². The minimum atomic E-state index is -0.908. The van der Waals surface area contributed by atoms with Gasteiger partial charge in [-0.2, -0.15) is 0 Å². The van der Waals surface area contributed by atoms with E-state index in [1.54, 1.807) is 215 Å². The van der Waals surface area contributed by atoms with Gasteiger partial charge in [0, 0.05) is 12.8 Å². The second-order valence-electron chi connectivity index (χ2n) is 30.2. The van der Waals surface area contributed by atoms with Crippen molar-refractivity contribution in [2.24, 2.45) is 0 Å². The minimum Gasteiger partial charge on any atom is -0.497 e. The SMILES string of the molecule is C#CC(O)Cc1ccc(-c2ccc(OC(=O)c3ccc(C)cc3)cc2)cc1.C#CC(O)Cc1ccc(-c2ccc(OC(=O)c3ccc(OC)cc3)cc2)cc1.C#CC(O)c1ccc(-c2ccc(C(=O)Oc3ccc(C)cc3)cc2)cc1.C#CC(O)c1ccc(-c2ccc(C(=O)Oc3ccc(OC)cc3)cc2)cc1.C#CC(O)c1ccc(-c2ccc(OC(=O)c3ccc(OC)cc3)cc2)cc1. The van der Waals surface area contributed by atoms with Gasteiger partial charge in [-0.25, -0.2) is 24.0 Å². The van der Waals surface area contributed by atoms with Crippen molar-refractivity contribution in [2.75, 3.05) is 21.3 Å². The van der Waals surface area contributed by atoms with Crippen molar-refractivity contribution in [2.45, 2.75) is 57.2 Å². The Kier molecular flexibility index (Phi) is 36.0. The van der Waals surface area contributed by atoms with Gasteiger partial charge in [0.1, 0.15) is 76.5 Å². The molecule has 0 radical (unpaired) electrons. The molecule has 15 aromatic rings. The zero-order valence-corrected chi connectivity index (χ0v) is 74.4. The number of benzene rings is 15. The molecule has 0 aliphatic heterocycles. The molecule has 0 aliphatic rings. The number of hydrogen-bond donors (Lipinski definition) is 5. The van der Waals surface area contributed by atoms with E-state index in [1.165, 1.54) is 0 Å². The quantitative estimate of drug-likeness (QED) is 0.0202. The summed E-state index contributed by atoms with van der Waals surface area (Å²) >= 11 is 0. The molecule has 15 aromatic carbocycles. The lowest BCUT2D eigenvalue weighted by Gasteiger charge is -2.08. The molecule has 0 saturated heterocycles. The molecule has 5 N–H and O–H groups in total. The second kappa shape index (κ2) is 49.4. The molecule has 0 aromatic heterocycles. The molecule has 0 fully saturated rings. The van der Waals surface area contributed by atoms with E-state index in [-0.39, 0.29) is 5.97 Å². The lowest BCUT2D eigenvalue weighted by Crippen LogP contribution is -2.08. The summed E-state index contributed by atoms with van der Waals surface area (Å²) in [5.74, 6) is 13.9. The molecule has 0 saturated carbocycles. The molecule has 0 bridgehead atoms. The van der Waals surface area contributed by atoms with Gasteiger partial charge in [-0.15, -0.1) is 32.1 Å². The third-order valence-electron chi connectivity index (χ3n) is 20.8. The van der Waals surface area contributed by atoms with Crippen LogP contribution in [-0.2, 0) is 12.8 Å². The molecule has 0 heterocycles. The van der Waals surface area contributed by atoms with E-state index >= 15 is 0 Å². The molecule has 0 amide bonds. The molecular formula is C117H94O18. The van der Waals surface area contributed by atoms with E-state index in [0.717, 1.165) is 77.9 Å². The fourth-order valence-electron chi connectivity index (χ4n) is 13.1. The van der Waals surface area contributed by atoms with Crippen molar-refractivity contribution < 1.29 is 87.4 Å². The molecule has 18 heteroatoms. The van der Waals surface area contributed by atoms with Crippen molar-refractivity contribution in [3.05, 3.63) is 431 Å². The summed E-state index contributed by atoms with van der Waals surface area (Å²) in [6.45, 7) is 3.95. The van der Waals surface area contributed by atoms with Gasteiger partial charge in [-0.3, -0.25) is 0 Å². The summed E-state index contributed by atoms with van der Waals surface area (Å²) in [6.07, 6.45) is 22.7. The largest absolute Gasteiger partial charge is 0.497 e. The van der Waals surface area contributed by atoms with Crippen LogP contribution in [0.2, 0.25) is 0 Å². The fourth-order valence-corrected chi connectivity index (χ4v) is 13.1. The van der Waals surface area contributed by atoms with Gasteiger partial charge in [-0.05, 0) is 255 Å². The highest BCUT2D eigenvalue weighted by Gasteiger charge is 2.18. The predicted molar refractivity (Wildman–Crippen MR) is 524 cm³/mol. The first-order valence-corrected chi connectivity index (χ1v) is 42.3. The van der Waals surface area contributed by atoms with Crippen molar-refractivity contribution in [3.63, 3.8) is 0 Å². The zero-order chi connectivity index (χ0) is 96.1. The zero-order valence-electron chi connectivity index (χ0n) is 74.4. The molecule has 5 unspecified atom stereocenters. The number of carbonyl (C=O) groups excluding carboxylic acids is 5. The maximum absolute atomic E-state index is 12.3. The number of carbonyl (C=O) groups is 5. The van der Waals surface area contributed by atoms with E-state index in [2.05, 4.69) is 29.6 Å². The topological polar surface area (TPSA) is 260 Å². The van der Waals surface area contributed by atoms with Crippen molar-refractivity contribution >= 4 is 29.8 Å². The molecular weight excluding hydrogens is 1690 g/mol. The van der Waals surface area contributed by atoms with Gasteiger partial charge in [0.15, 0.2) is 0 Å². The summed E-state index contributed by atoms with van der Waals surface area (Å²) < 4.78 is 42.2. The molecule has 5 atom stereocenters. The number of esters is 5. The van der Waals surface area contributed by atoms with Crippen LogP contribution in [0.15, 0.2) is 364 Å². The van der Waals surface area contributed by atoms with Gasteiger partial charge in [0.2, 0.25) is 0 Å². The number of ether oxygens (including phenoxy) is 8. The standard InChI is InChI=1S/C24H20O4.C24H20O3.2C23H18O4.C23H18O3/c1-3-21(25)16-17-4-6-18(7-5-17)19-8-14-23(15-9-19)28-24(26)20-10-12-22(27-2)13-11-20;1-3-22(25)16-18-6-10-19(11-7-18)20-12-14-23(15-13-20)27-24(26)21-8-4-17(2)5-9-21;1-3-22(24)18-8-4-16(5-9-18)17-6-10-19(11-7-17)23(25)27-21-14-12-20(26-2)13-15-21;1-3-22(24)18-6-4-16(5-7-18)17-8-14-21(15-9-17)27-23(25)19-10-12-20(26-2)13-11-19;1-3-22(24)19-10-6-17(7-11-19)18-8-12-20(13-9-18)23(25)26-21-14-4-16(2)5-15-21/h1,4-15,21,25H,16H2,2H3;1,4-15,22,25H,16H2,2H3;2*1,4-15,22,24H,2H3;1,4-15,22,24H,2H3. The molecule has 18 nitrogen and oxygen atoms in total. The maximum atomic E-state index is 12.3. The summed E-state index contributed by atoms with van der Waals surface area (Å²) in [4.78, 5) is 61.1. The summed E-state index contributed by atoms with van der Waals surface area (Å²) in [5, 5.41) is 48.0. The molecule has 0 spiro atoms. The Labute approximate surface area is 785 Å². The Morgan fingerprint density at radius 2 is 0.378 bits per heavy atom. The van der Waals surface area contributed by atoms with Crippen LogP contribution in [0, 0.1) is 75.6 Å². The van der Waals surface area contributed by atoms with Crippen LogP contribution < -0.4 is 37.9 Å². The Morgan fingerprint density at radius 1 is 0.222 bits per heavy atom. The van der Waals surface area contributed by atoms with Crippen molar-refractivity contribution in [1.29, 1.82) is 0 Å². The van der Waals surface area contributed by atoms with Crippen LogP contribution in [0.1, 0.15) is 109 Å². The molecule has 15 rings (SSSR count). The Hall–Kier alpha value is -17.4. The predicted octanol–water partition coefficient (Wildman–Crippen LogP) is 21.6. The average molecular weight is 1790 g/mol. The highest BCUT2D eigenvalue weighted by atomic mass is 16.6. The summed E-state index contributed by atoms with van der Waals surface area (Å²) in [6, 6.07) is 109. The number of methoxy groups -OCH3 is 3. The van der Waals surface area contributed by atoms with E-state index in [4.69, 9.17) is 70.0 Å². The van der Waals surface area contributed by atoms with Gasteiger partial charge < -0.3 is 63.4 Å². The highest BCUT2D eigenvalue weighted by Crippen LogP contribution is 2.32. The normalized spacial score (nSPS) is 11.4. The van der Waals surface area contributed by atoms with Gasteiger partial charge in [0.25, 0.3) is 0 Å². The van der Waals surface area contributed by atoms with E-state index in [1.807, 2.05) is 184 Å². The van der Waals surface area contributed by atoms with E-state index < -0.39 is 54.4 Å². The fraction of sp³-hybridized carbons (Fsp3) is 0.103.